The molecule has 0 unspecified atom stereocenters. The number of aryl methyl sites for hydroxylation is 1. The van der Waals surface area contributed by atoms with Gasteiger partial charge in [-0.15, -0.1) is 10.2 Å². The molecule has 6 heteroatoms. The van der Waals surface area contributed by atoms with E-state index in [9.17, 15) is 0 Å². The summed E-state index contributed by atoms with van der Waals surface area (Å²) in [5, 5.41) is 8.94. The molecule has 0 aromatic carbocycles. The van der Waals surface area contributed by atoms with Crippen molar-refractivity contribution >= 4 is 0 Å². The third-order valence-corrected chi connectivity index (χ3v) is 4.86. The molecule has 0 radical (unpaired) electrons. The minimum absolute atomic E-state index is 0.849. The summed E-state index contributed by atoms with van der Waals surface area (Å²) in [6, 6.07) is 4.10. The number of rotatable bonds is 4. The lowest BCUT2D eigenvalue weighted by atomic mass is 10.3. The molecule has 0 saturated carbocycles. The van der Waals surface area contributed by atoms with Gasteiger partial charge in [-0.25, -0.2) is 0 Å². The van der Waals surface area contributed by atoms with Crippen molar-refractivity contribution in [3.63, 3.8) is 0 Å². The van der Waals surface area contributed by atoms with Gasteiger partial charge < -0.3 is 8.98 Å². The van der Waals surface area contributed by atoms with E-state index < -0.39 is 0 Å². The number of hydrogen-bond donors (Lipinski definition) is 0. The van der Waals surface area contributed by atoms with Crippen LogP contribution in [0.15, 0.2) is 16.5 Å². The van der Waals surface area contributed by atoms with Gasteiger partial charge in [0.15, 0.2) is 0 Å². The van der Waals surface area contributed by atoms with Crippen LogP contribution in [0.5, 0.6) is 0 Å². The molecule has 1 saturated heterocycles. The lowest BCUT2D eigenvalue weighted by molar-refractivity contribution is 0.235. The Hall–Kier alpha value is -1.66. The minimum Gasteiger partial charge on any atom is -0.465 e. The van der Waals surface area contributed by atoms with Gasteiger partial charge in [0.25, 0.3) is 0 Å². The molecule has 4 rings (SSSR count). The second-order valence-electron chi connectivity index (χ2n) is 6.74. The highest BCUT2D eigenvalue weighted by molar-refractivity contribution is 5.06. The summed E-state index contributed by atoms with van der Waals surface area (Å²) < 4.78 is 8.06. The van der Waals surface area contributed by atoms with Gasteiger partial charge in [-0.05, 0) is 51.4 Å². The lowest BCUT2D eigenvalue weighted by Gasteiger charge is -2.17. The largest absolute Gasteiger partial charge is 0.465 e. The molecule has 6 nitrogen and oxygen atoms in total. The fraction of sp³-hybridized carbons (Fsp3) is 0.647. The highest BCUT2D eigenvalue weighted by atomic mass is 16.3. The van der Waals surface area contributed by atoms with Crippen LogP contribution in [0.4, 0.5) is 0 Å². The summed E-state index contributed by atoms with van der Waals surface area (Å²) in [5.74, 6) is 4.25. The topological polar surface area (TPSA) is 50.3 Å². The van der Waals surface area contributed by atoms with Crippen LogP contribution >= 0.6 is 0 Å². The molecule has 0 N–H and O–H groups in total. The molecule has 0 amide bonds. The first kappa shape index (κ1) is 14.9. The molecular weight excluding hydrogens is 290 g/mol. The van der Waals surface area contributed by atoms with Gasteiger partial charge in [0.1, 0.15) is 23.2 Å². The number of likely N-dealkylation sites (tertiary alicyclic amines) is 1. The summed E-state index contributed by atoms with van der Waals surface area (Å²) >= 11 is 0. The molecule has 23 heavy (non-hydrogen) atoms. The van der Waals surface area contributed by atoms with E-state index in [1.165, 1.54) is 25.9 Å². The summed E-state index contributed by atoms with van der Waals surface area (Å²) in [5.41, 5.74) is 0. The monoisotopic (exact) mass is 315 g/mol. The third-order valence-electron chi connectivity index (χ3n) is 4.86. The summed E-state index contributed by atoms with van der Waals surface area (Å²) in [4.78, 5) is 4.90. The zero-order chi connectivity index (χ0) is 15.6. The first-order valence-corrected chi connectivity index (χ1v) is 8.69. The molecule has 2 aromatic rings. The van der Waals surface area contributed by atoms with Crippen molar-refractivity contribution < 1.29 is 4.42 Å². The van der Waals surface area contributed by atoms with E-state index in [0.717, 1.165) is 62.3 Å². The Labute approximate surface area is 137 Å². The number of fused-ring (bicyclic) bond motifs is 1. The molecular formula is C17H25N5O. The number of furan rings is 1. The van der Waals surface area contributed by atoms with Crippen LogP contribution in [0, 0.1) is 6.92 Å². The smallest absolute Gasteiger partial charge is 0.147 e. The predicted octanol–water partition coefficient (Wildman–Crippen LogP) is 2.18. The quantitative estimate of drug-likeness (QED) is 0.865. The molecule has 124 valence electrons. The van der Waals surface area contributed by atoms with Crippen LogP contribution < -0.4 is 0 Å². The molecule has 2 aliphatic rings. The van der Waals surface area contributed by atoms with Crippen molar-refractivity contribution in [1.82, 2.24) is 24.6 Å². The molecule has 0 aliphatic carbocycles. The van der Waals surface area contributed by atoms with Gasteiger partial charge in [-0.1, -0.05) is 0 Å². The SMILES string of the molecule is Cc1ccc(CN2CCCn3c(CN4CCCC4)nnc3C2)o1. The molecule has 0 atom stereocenters. The van der Waals surface area contributed by atoms with Crippen LogP contribution in [0.1, 0.15) is 42.4 Å². The van der Waals surface area contributed by atoms with E-state index in [1.807, 2.05) is 13.0 Å². The molecule has 0 bridgehead atoms. The minimum atomic E-state index is 0.849. The number of nitrogens with zero attached hydrogens (tertiary/aromatic N) is 5. The second-order valence-corrected chi connectivity index (χ2v) is 6.74. The van der Waals surface area contributed by atoms with E-state index in [0.29, 0.717) is 0 Å². The Morgan fingerprint density at radius 2 is 1.78 bits per heavy atom. The Morgan fingerprint density at radius 3 is 2.57 bits per heavy atom. The molecule has 1 fully saturated rings. The molecule has 0 spiro atoms. The third kappa shape index (κ3) is 3.33. The molecule has 4 heterocycles. The zero-order valence-electron chi connectivity index (χ0n) is 13.9. The van der Waals surface area contributed by atoms with E-state index >= 15 is 0 Å². The Kier molecular flexibility index (Phi) is 4.18. The van der Waals surface area contributed by atoms with Gasteiger partial charge in [-0.2, -0.15) is 0 Å². The van der Waals surface area contributed by atoms with Crippen LogP contribution in [-0.4, -0.2) is 44.2 Å². The normalized spacial score (nSPS) is 19.9. The molecule has 2 aliphatic heterocycles. The van der Waals surface area contributed by atoms with Crippen molar-refractivity contribution in [2.24, 2.45) is 0 Å². The zero-order valence-corrected chi connectivity index (χ0v) is 13.9. The maximum atomic E-state index is 5.72. The van der Waals surface area contributed by atoms with Crippen molar-refractivity contribution in [2.75, 3.05) is 19.6 Å². The number of aromatic nitrogens is 3. The van der Waals surface area contributed by atoms with Crippen molar-refractivity contribution in [1.29, 1.82) is 0 Å². The van der Waals surface area contributed by atoms with Crippen molar-refractivity contribution in [3.8, 4) is 0 Å². The van der Waals surface area contributed by atoms with Crippen LogP contribution in [0.2, 0.25) is 0 Å². The maximum absolute atomic E-state index is 5.72. The second kappa shape index (κ2) is 6.45. The Morgan fingerprint density at radius 1 is 0.957 bits per heavy atom. The van der Waals surface area contributed by atoms with Gasteiger partial charge in [0.2, 0.25) is 0 Å². The van der Waals surface area contributed by atoms with Crippen LogP contribution in [0.3, 0.4) is 0 Å². The maximum Gasteiger partial charge on any atom is 0.147 e. The fourth-order valence-electron chi connectivity index (χ4n) is 3.66. The highest BCUT2D eigenvalue weighted by Gasteiger charge is 2.22. The van der Waals surface area contributed by atoms with Gasteiger partial charge in [-0.3, -0.25) is 9.80 Å². The number of hydrogen-bond acceptors (Lipinski definition) is 5. The summed E-state index contributed by atoms with van der Waals surface area (Å²) in [7, 11) is 0. The van der Waals surface area contributed by atoms with Crippen LogP contribution in [0.25, 0.3) is 0 Å². The first-order chi connectivity index (χ1) is 11.3. The first-order valence-electron chi connectivity index (χ1n) is 8.69. The average Bonchev–Trinajstić information content (AvgIpc) is 3.23. The van der Waals surface area contributed by atoms with Crippen molar-refractivity contribution in [3.05, 3.63) is 35.3 Å². The van der Waals surface area contributed by atoms with E-state index in [1.54, 1.807) is 0 Å². The van der Waals surface area contributed by atoms with E-state index in [4.69, 9.17) is 4.42 Å². The van der Waals surface area contributed by atoms with Gasteiger partial charge >= 0.3 is 0 Å². The Balaban J connectivity index is 1.45. The molecule has 2 aromatic heterocycles. The Bertz CT molecular complexity index is 656. The van der Waals surface area contributed by atoms with Gasteiger partial charge in [0, 0.05) is 13.1 Å². The summed E-state index contributed by atoms with van der Waals surface area (Å²) in [6.45, 7) is 9.15. The lowest BCUT2D eigenvalue weighted by Crippen LogP contribution is -2.23. The summed E-state index contributed by atoms with van der Waals surface area (Å²) in [6.07, 6.45) is 3.77. The average molecular weight is 315 g/mol. The van der Waals surface area contributed by atoms with Crippen LogP contribution in [-0.2, 0) is 26.2 Å². The standard InChI is InChI=1S/C17H25N5O/c1-14-5-6-15(23-14)11-21-9-4-10-22-16(18-19-17(22)13-21)12-20-7-2-3-8-20/h5-6H,2-4,7-13H2,1H3. The fourth-order valence-corrected chi connectivity index (χ4v) is 3.66. The van der Waals surface area contributed by atoms with E-state index in [2.05, 4.69) is 30.6 Å². The predicted molar refractivity (Wildman–Crippen MR) is 86.7 cm³/mol. The van der Waals surface area contributed by atoms with Gasteiger partial charge in [0.05, 0.1) is 19.6 Å². The highest BCUT2D eigenvalue weighted by Crippen LogP contribution is 2.18. The van der Waals surface area contributed by atoms with E-state index in [-0.39, 0.29) is 0 Å². The van der Waals surface area contributed by atoms with Crippen molar-refractivity contribution in [2.45, 2.75) is 52.4 Å².